The second-order valence-electron chi connectivity index (χ2n) is 8.50. The minimum atomic E-state index is -1.69. The quantitative estimate of drug-likeness (QED) is 0.291. The number of rotatable bonds is 6. The van der Waals surface area contributed by atoms with Crippen molar-refractivity contribution < 1.29 is 27.1 Å². The van der Waals surface area contributed by atoms with Crippen molar-refractivity contribution in [1.82, 2.24) is 9.78 Å². The van der Waals surface area contributed by atoms with Crippen molar-refractivity contribution in [1.29, 1.82) is 0 Å². The van der Waals surface area contributed by atoms with E-state index < -0.39 is 35.7 Å². The Balaban J connectivity index is 1.39. The molecule has 2 heterocycles. The van der Waals surface area contributed by atoms with Crippen molar-refractivity contribution in [2.75, 3.05) is 11.9 Å². The van der Waals surface area contributed by atoms with Gasteiger partial charge in [0.2, 0.25) is 5.43 Å². The average molecular weight is 519 g/mol. The van der Waals surface area contributed by atoms with Crippen LogP contribution in [0.3, 0.4) is 0 Å². The number of benzene rings is 3. The zero-order valence-corrected chi connectivity index (χ0v) is 20.2. The van der Waals surface area contributed by atoms with Crippen LogP contribution in [0.2, 0.25) is 0 Å². The molecular weight excluding hydrogens is 499 g/mol. The van der Waals surface area contributed by atoms with Gasteiger partial charge in [0, 0.05) is 17.3 Å². The van der Waals surface area contributed by atoms with Gasteiger partial charge >= 0.3 is 0 Å². The van der Waals surface area contributed by atoms with E-state index in [0.29, 0.717) is 33.9 Å². The Morgan fingerprint density at radius 1 is 1.03 bits per heavy atom. The Morgan fingerprint density at radius 2 is 1.79 bits per heavy atom. The lowest BCUT2D eigenvalue weighted by Crippen LogP contribution is -2.21. The lowest BCUT2D eigenvalue weighted by Gasteiger charge is -2.13. The van der Waals surface area contributed by atoms with Crippen molar-refractivity contribution in [2.24, 2.45) is 0 Å². The first-order chi connectivity index (χ1) is 18.2. The largest absolute Gasteiger partial charge is 0.483 e. The summed E-state index contributed by atoms with van der Waals surface area (Å²) < 4.78 is 53.5. The number of hydrogen-bond acceptors (Lipinski definition) is 5. The Kier molecular flexibility index (Phi) is 6.46. The van der Waals surface area contributed by atoms with Gasteiger partial charge in [-0.1, -0.05) is 18.2 Å². The molecule has 192 valence electrons. The molecule has 0 bridgehead atoms. The number of para-hydroxylation sites is 1. The topological polar surface area (TPSA) is 86.4 Å². The van der Waals surface area contributed by atoms with Crippen molar-refractivity contribution in [3.05, 3.63) is 106 Å². The molecule has 0 saturated carbocycles. The van der Waals surface area contributed by atoms with Gasteiger partial charge in [-0.05, 0) is 50.2 Å². The first-order valence-electron chi connectivity index (χ1n) is 11.5. The Hall–Kier alpha value is -4.86. The molecule has 0 unspecified atom stereocenters. The SMILES string of the molecule is Cc1oc2c(C)c(OCC(=O)Nc3ccc(F)c(F)c3F)ccc2c(=O)c1-c1cnn(-c2ccccc2)c1. The third kappa shape index (κ3) is 4.52. The molecule has 0 spiro atoms. The van der Waals surface area contributed by atoms with Crippen LogP contribution in [0.4, 0.5) is 18.9 Å². The van der Waals surface area contributed by atoms with Crippen LogP contribution in [0.1, 0.15) is 11.3 Å². The van der Waals surface area contributed by atoms with Gasteiger partial charge in [0.15, 0.2) is 24.1 Å². The smallest absolute Gasteiger partial charge is 0.262 e. The Morgan fingerprint density at radius 3 is 2.55 bits per heavy atom. The number of nitrogens with zero attached hydrogens (tertiary/aromatic N) is 2. The zero-order chi connectivity index (χ0) is 27.0. The highest BCUT2D eigenvalue weighted by Crippen LogP contribution is 2.30. The first kappa shape index (κ1) is 24.8. The molecule has 0 aliphatic heterocycles. The maximum atomic E-state index is 13.8. The summed E-state index contributed by atoms with van der Waals surface area (Å²) in [6, 6.07) is 14.1. The molecule has 1 amide bonds. The molecule has 2 aromatic heterocycles. The Labute approximate surface area is 214 Å². The molecule has 0 aliphatic rings. The number of nitrogens with one attached hydrogen (secondary N) is 1. The summed E-state index contributed by atoms with van der Waals surface area (Å²) >= 11 is 0. The summed E-state index contributed by atoms with van der Waals surface area (Å²) in [5.74, 6) is -4.73. The lowest BCUT2D eigenvalue weighted by atomic mass is 10.0. The molecule has 0 aliphatic carbocycles. The van der Waals surface area contributed by atoms with Gasteiger partial charge in [0.05, 0.1) is 28.5 Å². The van der Waals surface area contributed by atoms with E-state index in [1.807, 2.05) is 30.3 Å². The minimum Gasteiger partial charge on any atom is -0.483 e. The highest BCUT2D eigenvalue weighted by atomic mass is 19.2. The predicted molar refractivity (Wildman–Crippen MR) is 135 cm³/mol. The van der Waals surface area contributed by atoms with Crippen molar-refractivity contribution >= 4 is 22.6 Å². The van der Waals surface area contributed by atoms with Gasteiger partial charge in [0.1, 0.15) is 17.1 Å². The van der Waals surface area contributed by atoms with Crippen LogP contribution in [0.5, 0.6) is 5.75 Å². The number of carbonyl (C=O) groups excluding carboxylic acids is 1. The molecule has 5 rings (SSSR count). The average Bonchev–Trinajstić information content (AvgIpc) is 3.39. The number of aryl methyl sites for hydroxylation is 2. The standard InChI is InChI=1S/C28H20F3N3O4/c1-15-22(37-14-23(35)33-21-10-9-20(29)25(30)26(21)31)11-8-19-27(36)24(16(2)38-28(15)19)17-12-32-34(13-17)18-6-4-3-5-7-18/h3-13H,14H2,1-2H3,(H,33,35). The third-order valence-corrected chi connectivity index (χ3v) is 6.00. The van der Waals surface area contributed by atoms with E-state index in [1.54, 1.807) is 30.9 Å². The van der Waals surface area contributed by atoms with Gasteiger partial charge in [0.25, 0.3) is 5.91 Å². The summed E-state index contributed by atoms with van der Waals surface area (Å²) in [7, 11) is 0. The molecule has 10 heteroatoms. The van der Waals surface area contributed by atoms with Gasteiger partial charge in [-0.3, -0.25) is 9.59 Å². The van der Waals surface area contributed by atoms with Crippen LogP contribution >= 0.6 is 0 Å². The predicted octanol–water partition coefficient (Wildman–Crippen LogP) is 5.70. The van der Waals surface area contributed by atoms with E-state index in [2.05, 4.69) is 10.4 Å². The number of aromatic nitrogens is 2. The summed E-state index contributed by atoms with van der Waals surface area (Å²) in [5.41, 5.74) is 1.81. The van der Waals surface area contributed by atoms with Gasteiger partial charge < -0.3 is 14.5 Å². The Bertz CT molecular complexity index is 1750. The summed E-state index contributed by atoms with van der Waals surface area (Å²) in [6.07, 6.45) is 3.34. The molecule has 3 aromatic carbocycles. The van der Waals surface area contributed by atoms with E-state index in [4.69, 9.17) is 9.15 Å². The van der Waals surface area contributed by atoms with Gasteiger partial charge in [-0.25, -0.2) is 17.9 Å². The fourth-order valence-corrected chi connectivity index (χ4v) is 4.10. The summed E-state index contributed by atoms with van der Waals surface area (Å²) in [5, 5.41) is 6.81. The van der Waals surface area contributed by atoms with E-state index in [-0.39, 0.29) is 16.8 Å². The highest BCUT2D eigenvalue weighted by molar-refractivity contribution is 5.92. The summed E-state index contributed by atoms with van der Waals surface area (Å²) in [6.45, 7) is 2.79. The second-order valence-corrected chi connectivity index (χ2v) is 8.50. The van der Waals surface area contributed by atoms with Crippen molar-refractivity contribution in [3.63, 3.8) is 0 Å². The van der Waals surface area contributed by atoms with E-state index >= 15 is 0 Å². The third-order valence-electron chi connectivity index (χ3n) is 6.00. The normalized spacial score (nSPS) is 11.1. The maximum absolute atomic E-state index is 13.8. The highest BCUT2D eigenvalue weighted by Gasteiger charge is 2.19. The molecule has 0 atom stereocenters. The molecular formula is C28H20F3N3O4. The van der Waals surface area contributed by atoms with Crippen LogP contribution < -0.4 is 15.5 Å². The molecule has 1 N–H and O–H groups in total. The lowest BCUT2D eigenvalue weighted by molar-refractivity contribution is -0.118. The maximum Gasteiger partial charge on any atom is 0.262 e. The van der Waals surface area contributed by atoms with Crippen LogP contribution in [-0.2, 0) is 4.79 Å². The number of carbonyl (C=O) groups is 1. The van der Waals surface area contributed by atoms with Gasteiger partial charge in [-0.15, -0.1) is 0 Å². The first-order valence-corrected chi connectivity index (χ1v) is 11.5. The van der Waals surface area contributed by atoms with Crippen LogP contribution in [0.25, 0.3) is 27.8 Å². The molecule has 0 saturated heterocycles. The van der Waals surface area contributed by atoms with Crippen LogP contribution in [-0.4, -0.2) is 22.3 Å². The second kappa shape index (κ2) is 9.89. The number of anilines is 1. The molecule has 38 heavy (non-hydrogen) atoms. The van der Waals surface area contributed by atoms with E-state index in [9.17, 15) is 22.8 Å². The molecule has 0 radical (unpaired) electrons. The molecule has 0 fully saturated rings. The van der Waals surface area contributed by atoms with Crippen LogP contribution in [0, 0.1) is 31.3 Å². The number of hydrogen-bond donors (Lipinski definition) is 1. The van der Waals surface area contributed by atoms with Gasteiger partial charge in [-0.2, -0.15) is 5.10 Å². The summed E-state index contributed by atoms with van der Waals surface area (Å²) in [4.78, 5) is 25.6. The number of halogens is 3. The molecule has 5 aromatic rings. The monoisotopic (exact) mass is 519 g/mol. The fraction of sp³-hybridized carbons (Fsp3) is 0.107. The zero-order valence-electron chi connectivity index (χ0n) is 20.2. The fourth-order valence-electron chi connectivity index (χ4n) is 4.10. The minimum absolute atomic E-state index is 0.252. The number of ether oxygens (including phenoxy) is 1. The van der Waals surface area contributed by atoms with Crippen molar-refractivity contribution in [2.45, 2.75) is 13.8 Å². The van der Waals surface area contributed by atoms with E-state index in [0.717, 1.165) is 11.8 Å². The van der Waals surface area contributed by atoms with E-state index in [1.165, 1.54) is 12.1 Å². The van der Waals surface area contributed by atoms with Crippen LogP contribution in [0.15, 0.2) is 76.2 Å². The molecule has 7 nitrogen and oxygen atoms in total. The van der Waals surface area contributed by atoms with Crippen molar-refractivity contribution in [3.8, 4) is 22.6 Å². The number of amides is 1. The number of fused-ring (bicyclic) bond motifs is 1.